The van der Waals surface area contributed by atoms with Gasteiger partial charge in [-0.2, -0.15) is 0 Å². The van der Waals surface area contributed by atoms with Crippen molar-refractivity contribution in [2.45, 2.75) is 24.9 Å². The lowest BCUT2D eigenvalue weighted by Crippen LogP contribution is -2.49. The average Bonchev–Trinajstić information content (AvgIpc) is 3.00. The molecule has 1 saturated carbocycles. The van der Waals surface area contributed by atoms with Crippen LogP contribution in [-0.4, -0.2) is 45.4 Å². The molecular formula is C10H21ClN2O3. The number of methoxy groups -OCH3 is 2. The molecule has 3 N–H and O–H groups in total. The van der Waals surface area contributed by atoms with Crippen molar-refractivity contribution in [3.8, 4) is 0 Å². The Morgan fingerprint density at radius 3 is 2.38 bits per heavy atom. The standard InChI is InChI=1S/C10H20N2O3.ClH/c1-14-5-8(11)10(13)12-9(6-15-2)7-3-4-7;/h7-9H,3-6,11H2,1-2H3,(H,12,13);1H. The second-order valence-corrected chi connectivity index (χ2v) is 3.97. The maximum atomic E-state index is 11.6. The van der Waals surface area contributed by atoms with Gasteiger partial charge in [-0.3, -0.25) is 4.79 Å². The Labute approximate surface area is 102 Å². The molecule has 2 unspecified atom stereocenters. The van der Waals surface area contributed by atoms with E-state index in [1.807, 2.05) is 0 Å². The Morgan fingerprint density at radius 2 is 1.94 bits per heavy atom. The van der Waals surface area contributed by atoms with E-state index in [0.717, 1.165) is 12.8 Å². The first kappa shape index (κ1) is 15.6. The summed E-state index contributed by atoms with van der Waals surface area (Å²) in [6.45, 7) is 0.798. The van der Waals surface area contributed by atoms with Crippen molar-refractivity contribution >= 4 is 18.3 Å². The Balaban J connectivity index is 0.00000225. The van der Waals surface area contributed by atoms with Crippen molar-refractivity contribution in [3.63, 3.8) is 0 Å². The van der Waals surface area contributed by atoms with Gasteiger partial charge in [0, 0.05) is 14.2 Å². The molecule has 1 aliphatic rings. The van der Waals surface area contributed by atoms with Gasteiger partial charge >= 0.3 is 0 Å². The SMILES string of the molecule is COCC(N)C(=O)NC(COC)C1CC1.Cl. The average molecular weight is 253 g/mol. The van der Waals surface area contributed by atoms with Crippen LogP contribution in [0.15, 0.2) is 0 Å². The maximum absolute atomic E-state index is 11.6. The van der Waals surface area contributed by atoms with Crippen LogP contribution >= 0.6 is 12.4 Å². The number of nitrogens with one attached hydrogen (secondary N) is 1. The van der Waals surface area contributed by atoms with E-state index in [2.05, 4.69) is 5.32 Å². The van der Waals surface area contributed by atoms with Gasteiger partial charge < -0.3 is 20.5 Å². The minimum Gasteiger partial charge on any atom is -0.383 e. The minimum atomic E-state index is -0.590. The second-order valence-electron chi connectivity index (χ2n) is 3.97. The summed E-state index contributed by atoms with van der Waals surface area (Å²) >= 11 is 0. The molecule has 0 aromatic rings. The molecule has 1 fully saturated rings. The lowest BCUT2D eigenvalue weighted by molar-refractivity contribution is -0.124. The summed E-state index contributed by atoms with van der Waals surface area (Å²) < 4.78 is 9.88. The highest BCUT2D eigenvalue weighted by molar-refractivity contribution is 5.85. The Hall–Kier alpha value is -0.360. The van der Waals surface area contributed by atoms with Gasteiger partial charge in [0.15, 0.2) is 0 Å². The predicted molar refractivity (Wildman–Crippen MR) is 63.6 cm³/mol. The summed E-state index contributed by atoms with van der Waals surface area (Å²) in [6, 6.07) is -0.487. The topological polar surface area (TPSA) is 73.6 Å². The monoisotopic (exact) mass is 252 g/mol. The number of amides is 1. The van der Waals surface area contributed by atoms with Crippen molar-refractivity contribution in [2.24, 2.45) is 11.7 Å². The molecule has 1 amide bonds. The van der Waals surface area contributed by atoms with E-state index in [-0.39, 0.29) is 31.0 Å². The zero-order valence-corrected chi connectivity index (χ0v) is 10.6. The first-order valence-electron chi connectivity index (χ1n) is 5.22. The summed E-state index contributed by atoms with van der Waals surface area (Å²) in [6.07, 6.45) is 2.32. The fourth-order valence-corrected chi connectivity index (χ4v) is 1.52. The number of hydrogen-bond donors (Lipinski definition) is 2. The minimum absolute atomic E-state index is 0. The summed E-state index contributed by atoms with van der Waals surface area (Å²) in [5.74, 6) is 0.398. The molecule has 0 aliphatic heterocycles. The Bertz CT molecular complexity index is 212. The molecule has 0 radical (unpaired) electrons. The van der Waals surface area contributed by atoms with E-state index in [1.54, 1.807) is 7.11 Å². The third-order valence-corrected chi connectivity index (χ3v) is 2.55. The second kappa shape index (κ2) is 7.84. The zero-order chi connectivity index (χ0) is 11.3. The lowest BCUT2D eigenvalue weighted by Gasteiger charge is -2.19. The Kier molecular flexibility index (Phi) is 7.66. The number of nitrogens with two attached hydrogens (primary N) is 1. The van der Waals surface area contributed by atoms with Crippen molar-refractivity contribution < 1.29 is 14.3 Å². The fourth-order valence-electron chi connectivity index (χ4n) is 1.52. The van der Waals surface area contributed by atoms with Gasteiger partial charge in [0.05, 0.1) is 19.3 Å². The molecule has 0 heterocycles. The molecule has 96 valence electrons. The van der Waals surface area contributed by atoms with Crippen LogP contribution in [0.1, 0.15) is 12.8 Å². The van der Waals surface area contributed by atoms with Gasteiger partial charge in [-0.1, -0.05) is 0 Å². The number of carbonyl (C=O) groups excluding carboxylic acids is 1. The summed E-state index contributed by atoms with van der Waals surface area (Å²) in [5, 5.41) is 2.90. The van der Waals surface area contributed by atoms with Crippen LogP contribution in [-0.2, 0) is 14.3 Å². The van der Waals surface area contributed by atoms with Crippen LogP contribution in [0.3, 0.4) is 0 Å². The van der Waals surface area contributed by atoms with Gasteiger partial charge in [-0.25, -0.2) is 0 Å². The van der Waals surface area contributed by atoms with Gasteiger partial charge in [0.2, 0.25) is 5.91 Å². The number of ether oxygens (including phenoxy) is 2. The summed E-state index contributed by atoms with van der Waals surface area (Å²) in [5.41, 5.74) is 5.61. The van der Waals surface area contributed by atoms with Crippen molar-refractivity contribution in [2.75, 3.05) is 27.4 Å². The fraction of sp³-hybridized carbons (Fsp3) is 0.900. The number of hydrogen-bond acceptors (Lipinski definition) is 4. The van der Waals surface area contributed by atoms with Crippen LogP contribution < -0.4 is 11.1 Å². The van der Waals surface area contributed by atoms with Crippen molar-refractivity contribution in [1.29, 1.82) is 0 Å². The highest BCUT2D eigenvalue weighted by Crippen LogP contribution is 2.32. The smallest absolute Gasteiger partial charge is 0.239 e. The van der Waals surface area contributed by atoms with Gasteiger partial charge in [-0.05, 0) is 18.8 Å². The number of rotatable bonds is 7. The largest absolute Gasteiger partial charge is 0.383 e. The molecule has 1 rings (SSSR count). The quantitative estimate of drug-likeness (QED) is 0.665. The lowest BCUT2D eigenvalue weighted by atomic mass is 10.2. The first-order valence-corrected chi connectivity index (χ1v) is 5.22. The number of halogens is 1. The molecule has 2 atom stereocenters. The molecule has 0 saturated heterocycles. The third kappa shape index (κ3) is 5.12. The molecule has 0 aromatic heterocycles. The van der Waals surface area contributed by atoms with Crippen LogP contribution in [0.4, 0.5) is 0 Å². The van der Waals surface area contributed by atoms with Gasteiger partial charge in [0.1, 0.15) is 6.04 Å². The third-order valence-electron chi connectivity index (χ3n) is 2.55. The van der Waals surface area contributed by atoms with E-state index >= 15 is 0 Å². The molecule has 0 bridgehead atoms. The van der Waals surface area contributed by atoms with Crippen molar-refractivity contribution in [3.05, 3.63) is 0 Å². The summed E-state index contributed by atoms with van der Waals surface area (Å²) in [4.78, 5) is 11.6. The van der Waals surface area contributed by atoms with Gasteiger partial charge in [-0.15, -0.1) is 12.4 Å². The molecule has 6 heteroatoms. The van der Waals surface area contributed by atoms with Crippen molar-refractivity contribution in [1.82, 2.24) is 5.32 Å². The normalized spacial score (nSPS) is 18.4. The molecule has 1 aliphatic carbocycles. The van der Waals surface area contributed by atoms with E-state index in [0.29, 0.717) is 12.5 Å². The van der Waals surface area contributed by atoms with Crippen LogP contribution in [0.2, 0.25) is 0 Å². The van der Waals surface area contributed by atoms with Crippen LogP contribution in [0.5, 0.6) is 0 Å². The maximum Gasteiger partial charge on any atom is 0.239 e. The van der Waals surface area contributed by atoms with Crippen LogP contribution in [0.25, 0.3) is 0 Å². The highest BCUT2D eigenvalue weighted by Gasteiger charge is 2.33. The first-order chi connectivity index (χ1) is 7.19. The van der Waals surface area contributed by atoms with Crippen LogP contribution in [0, 0.1) is 5.92 Å². The Morgan fingerprint density at radius 1 is 1.38 bits per heavy atom. The van der Waals surface area contributed by atoms with E-state index in [9.17, 15) is 4.79 Å². The highest BCUT2D eigenvalue weighted by atomic mass is 35.5. The molecule has 0 spiro atoms. The zero-order valence-electron chi connectivity index (χ0n) is 9.77. The van der Waals surface area contributed by atoms with E-state index in [4.69, 9.17) is 15.2 Å². The molecule has 5 nitrogen and oxygen atoms in total. The molecular weight excluding hydrogens is 232 g/mol. The molecule has 16 heavy (non-hydrogen) atoms. The van der Waals surface area contributed by atoms with Gasteiger partial charge in [0.25, 0.3) is 0 Å². The number of carbonyl (C=O) groups is 1. The van der Waals surface area contributed by atoms with E-state index < -0.39 is 6.04 Å². The molecule has 0 aromatic carbocycles. The van der Waals surface area contributed by atoms with E-state index in [1.165, 1.54) is 7.11 Å². The predicted octanol–water partition coefficient (Wildman–Crippen LogP) is -0.0769. The summed E-state index contributed by atoms with van der Waals surface area (Å²) in [7, 11) is 3.16.